The van der Waals surface area contributed by atoms with Crippen molar-refractivity contribution in [2.75, 3.05) is 13.7 Å². The predicted molar refractivity (Wildman–Crippen MR) is 56.1 cm³/mol. The lowest BCUT2D eigenvalue weighted by Crippen LogP contribution is -2.22. The molecule has 5 nitrogen and oxygen atoms in total. The van der Waals surface area contributed by atoms with E-state index in [-0.39, 0.29) is 11.6 Å². The molecule has 1 aliphatic rings. The molecule has 2 heterocycles. The third kappa shape index (κ3) is 1.87. The molecule has 0 aromatic carbocycles. The zero-order valence-corrected chi connectivity index (χ0v) is 8.96. The molecule has 0 spiro atoms. The van der Waals surface area contributed by atoms with Crippen LogP contribution in [0.2, 0.25) is 0 Å². The van der Waals surface area contributed by atoms with E-state index >= 15 is 0 Å². The summed E-state index contributed by atoms with van der Waals surface area (Å²) in [6, 6.07) is 0.183. The smallest absolute Gasteiger partial charge is 0.293 e. The number of methoxy groups -OCH3 is 1. The van der Waals surface area contributed by atoms with Gasteiger partial charge in [0.25, 0.3) is 5.56 Å². The summed E-state index contributed by atoms with van der Waals surface area (Å²) < 4.78 is 4.97. The highest BCUT2D eigenvalue weighted by atomic mass is 16.5. The number of nitrogens with zero attached hydrogens (tertiary/aromatic N) is 1. The third-order valence-corrected chi connectivity index (χ3v) is 2.66. The summed E-state index contributed by atoms with van der Waals surface area (Å²) in [6.45, 7) is 2.77. The Hall–Kier alpha value is -1.36. The van der Waals surface area contributed by atoms with Crippen LogP contribution < -0.4 is 15.6 Å². The van der Waals surface area contributed by atoms with Crippen molar-refractivity contribution < 1.29 is 4.74 Å². The van der Waals surface area contributed by atoms with Crippen molar-refractivity contribution >= 4 is 0 Å². The van der Waals surface area contributed by atoms with Gasteiger partial charge in [-0.25, -0.2) is 4.98 Å². The number of hydrogen-bond acceptors (Lipinski definition) is 4. The molecule has 1 saturated heterocycles. The molecule has 1 atom stereocenters. The molecule has 2 N–H and O–H groups in total. The minimum Gasteiger partial charge on any atom is -0.490 e. The Morgan fingerprint density at radius 2 is 2.33 bits per heavy atom. The number of rotatable bonds is 2. The van der Waals surface area contributed by atoms with Crippen LogP contribution >= 0.6 is 0 Å². The SMILES string of the molecule is COc1c(C)nc(C2CCCN2)[nH]c1=O. The van der Waals surface area contributed by atoms with Crippen LogP contribution in [0.1, 0.15) is 30.4 Å². The maximum absolute atomic E-state index is 11.6. The zero-order valence-electron chi connectivity index (χ0n) is 8.96. The Morgan fingerprint density at radius 3 is 2.87 bits per heavy atom. The quantitative estimate of drug-likeness (QED) is 0.744. The monoisotopic (exact) mass is 209 g/mol. The van der Waals surface area contributed by atoms with E-state index in [0.717, 1.165) is 25.2 Å². The normalized spacial score (nSPS) is 20.5. The first kappa shape index (κ1) is 10.2. The Labute approximate surface area is 87.9 Å². The molecule has 1 aliphatic heterocycles. The summed E-state index contributed by atoms with van der Waals surface area (Å²) >= 11 is 0. The minimum absolute atomic E-state index is 0.183. The van der Waals surface area contributed by atoms with Crippen molar-refractivity contribution in [2.45, 2.75) is 25.8 Å². The van der Waals surface area contributed by atoms with Crippen LogP contribution in [0.4, 0.5) is 0 Å². The topological polar surface area (TPSA) is 67.0 Å². The fourth-order valence-corrected chi connectivity index (χ4v) is 1.92. The van der Waals surface area contributed by atoms with Gasteiger partial charge >= 0.3 is 0 Å². The number of nitrogens with one attached hydrogen (secondary N) is 2. The van der Waals surface area contributed by atoms with Crippen LogP contribution in [0.15, 0.2) is 4.79 Å². The maximum atomic E-state index is 11.6. The van der Waals surface area contributed by atoms with E-state index in [1.54, 1.807) is 6.92 Å². The lowest BCUT2D eigenvalue weighted by atomic mass is 10.2. The molecule has 15 heavy (non-hydrogen) atoms. The molecule has 0 amide bonds. The largest absolute Gasteiger partial charge is 0.490 e. The van der Waals surface area contributed by atoms with Gasteiger partial charge in [-0.3, -0.25) is 4.79 Å². The second-order valence-electron chi connectivity index (χ2n) is 3.72. The molecular weight excluding hydrogens is 194 g/mol. The van der Waals surface area contributed by atoms with E-state index in [0.29, 0.717) is 11.4 Å². The van der Waals surface area contributed by atoms with Gasteiger partial charge in [0.2, 0.25) is 5.75 Å². The molecule has 1 fully saturated rings. The van der Waals surface area contributed by atoms with Crippen LogP contribution in [-0.2, 0) is 0 Å². The second-order valence-corrected chi connectivity index (χ2v) is 3.72. The van der Waals surface area contributed by atoms with Crippen molar-refractivity contribution in [3.63, 3.8) is 0 Å². The van der Waals surface area contributed by atoms with Gasteiger partial charge in [0.15, 0.2) is 0 Å². The fraction of sp³-hybridized carbons (Fsp3) is 0.600. The van der Waals surface area contributed by atoms with Gasteiger partial charge in [-0.1, -0.05) is 0 Å². The van der Waals surface area contributed by atoms with Crippen LogP contribution in [0.3, 0.4) is 0 Å². The Morgan fingerprint density at radius 1 is 1.53 bits per heavy atom. The van der Waals surface area contributed by atoms with Crippen LogP contribution in [0, 0.1) is 6.92 Å². The summed E-state index contributed by atoms with van der Waals surface area (Å²) in [5.74, 6) is 1.02. The molecule has 0 saturated carbocycles. The van der Waals surface area contributed by atoms with E-state index in [1.165, 1.54) is 7.11 Å². The van der Waals surface area contributed by atoms with Gasteiger partial charge in [0, 0.05) is 0 Å². The first-order valence-corrected chi connectivity index (χ1v) is 5.10. The molecule has 2 rings (SSSR count). The lowest BCUT2D eigenvalue weighted by molar-refractivity contribution is 0.399. The van der Waals surface area contributed by atoms with Crippen molar-refractivity contribution in [1.82, 2.24) is 15.3 Å². The Bertz CT molecular complexity index is 408. The third-order valence-electron chi connectivity index (χ3n) is 2.66. The molecule has 1 unspecified atom stereocenters. The second kappa shape index (κ2) is 4.02. The standard InChI is InChI=1S/C10H15N3O2/c1-6-8(15-2)10(14)13-9(12-6)7-4-3-5-11-7/h7,11H,3-5H2,1-2H3,(H,12,13,14). The van der Waals surface area contributed by atoms with Crippen LogP contribution in [0.25, 0.3) is 0 Å². The van der Waals surface area contributed by atoms with E-state index in [9.17, 15) is 4.79 Å². The van der Waals surface area contributed by atoms with Crippen molar-refractivity contribution in [3.8, 4) is 5.75 Å². The maximum Gasteiger partial charge on any atom is 0.293 e. The molecule has 82 valence electrons. The van der Waals surface area contributed by atoms with Gasteiger partial charge < -0.3 is 15.0 Å². The molecule has 5 heteroatoms. The van der Waals surface area contributed by atoms with Gasteiger partial charge in [-0.2, -0.15) is 0 Å². The number of aromatic nitrogens is 2. The molecule has 1 aromatic heterocycles. The first-order chi connectivity index (χ1) is 7.22. The van der Waals surface area contributed by atoms with Gasteiger partial charge in [-0.05, 0) is 26.3 Å². The highest BCUT2D eigenvalue weighted by molar-refractivity contribution is 5.24. The minimum atomic E-state index is -0.200. The lowest BCUT2D eigenvalue weighted by Gasteiger charge is -2.11. The molecule has 0 bridgehead atoms. The Balaban J connectivity index is 2.38. The number of aryl methyl sites for hydroxylation is 1. The molecule has 0 radical (unpaired) electrons. The number of H-pyrrole nitrogens is 1. The van der Waals surface area contributed by atoms with Crippen molar-refractivity contribution in [1.29, 1.82) is 0 Å². The fourth-order valence-electron chi connectivity index (χ4n) is 1.92. The highest BCUT2D eigenvalue weighted by Gasteiger charge is 2.20. The predicted octanol–water partition coefficient (Wildman–Crippen LogP) is 0.511. The van der Waals surface area contributed by atoms with Gasteiger partial charge in [0.05, 0.1) is 18.8 Å². The van der Waals surface area contributed by atoms with Crippen molar-refractivity contribution in [2.24, 2.45) is 0 Å². The van der Waals surface area contributed by atoms with E-state index in [2.05, 4.69) is 15.3 Å². The van der Waals surface area contributed by atoms with Gasteiger partial charge in [-0.15, -0.1) is 0 Å². The van der Waals surface area contributed by atoms with E-state index in [4.69, 9.17) is 4.74 Å². The van der Waals surface area contributed by atoms with E-state index in [1.807, 2.05) is 0 Å². The average molecular weight is 209 g/mol. The van der Waals surface area contributed by atoms with E-state index < -0.39 is 0 Å². The molecule has 1 aromatic rings. The number of hydrogen-bond donors (Lipinski definition) is 2. The number of aromatic amines is 1. The van der Waals surface area contributed by atoms with Crippen molar-refractivity contribution in [3.05, 3.63) is 21.9 Å². The van der Waals surface area contributed by atoms with Crippen LogP contribution in [-0.4, -0.2) is 23.6 Å². The molecule has 0 aliphatic carbocycles. The highest BCUT2D eigenvalue weighted by Crippen LogP contribution is 2.20. The zero-order chi connectivity index (χ0) is 10.8. The van der Waals surface area contributed by atoms with Gasteiger partial charge in [0.1, 0.15) is 5.82 Å². The molecular formula is C10H15N3O2. The summed E-state index contributed by atoms with van der Waals surface area (Å²) in [7, 11) is 1.48. The number of ether oxygens (including phenoxy) is 1. The summed E-state index contributed by atoms with van der Waals surface area (Å²) in [4.78, 5) is 18.7. The summed E-state index contributed by atoms with van der Waals surface area (Å²) in [5.41, 5.74) is 0.443. The first-order valence-electron chi connectivity index (χ1n) is 5.10. The average Bonchev–Trinajstić information content (AvgIpc) is 2.69. The Kier molecular flexibility index (Phi) is 2.73. The van der Waals surface area contributed by atoms with Crippen LogP contribution in [0.5, 0.6) is 5.75 Å². The summed E-state index contributed by atoms with van der Waals surface area (Å²) in [6.07, 6.45) is 2.15. The summed E-state index contributed by atoms with van der Waals surface area (Å²) in [5, 5.41) is 3.29.